The van der Waals surface area contributed by atoms with Crippen molar-refractivity contribution >= 4 is 17.4 Å². The third-order valence-electron chi connectivity index (χ3n) is 2.78. The van der Waals surface area contributed by atoms with Crippen LogP contribution in [0.1, 0.15) is 26.3 Å². The van der Waals surface area contributed by atoms with Gasteiger partial charge in [0.05, 0.1) is 11.3 Å². The summed E-state index contributed by atoms with van der Waals surface area (Å²) in [5.41, 5.74) is 4.79. The van der Waals surface area contributed by atoms with Gasteiger partial charge in [-0.1, -0.05) is 12.1 Å². The van der Waals surface area contributed by atoms with E-state index in [0.717, 1.165) is 12.1 Å². The van der Waals surface area contributed by atoms with Crippen LogP contribution in [-0.4, -0.2) is 27.1 Å². The van der Waals surface area contributed by atoms with Gasteiger partial charge < -0.3 is 21.1 Å². The number of hydrogen-bond donors (Lipinski definition) is 4. The number of aromatic carboxylic acids is 1. The monoisotopic (exact) mass is 273 g/mol. The number of carbonyl (C=O) groups excluding carboxylic acids is 1. The van der Waals surface area contributed by atoms with E-state index in [4.69, 9.17) is 10.8 Å². The number of ketones is 1. The number of nitrogens with two attached hydrogens (primary N) is 1. The number of carboxylic acid groups (broad SMARTS) is 1. The molecule has 102 valence electrons. The molecule has 2 rings (SSSR count). The van der Waals surface area contributed by atoms with Crippen LogP contribution < -0.4 is 5.73 Å². The van der Waals surface area contributed by atoms with Crippen molar-refractivity contribution in [3.63, 3.8) is 0 Å². The number of para-hydroxylation sites is 1. The molecule has 2 aromatic carbocycles. The van der Waals surface area contributed by atoms with E-state index < -0.39 is 23.1 Å². The maximum absolute atomic E-state index is 12.2. The van der Waals surface area contributed by atoms with Crippen LogP contribution in [0.4, 0.5) is 5.69 Å². The van der Waals surface area contributed by atoms with Crippen molar-refractivity contribution in [2.75, 3.05) is 5.73 Å². The molecular weight excluding hydrogens is 262 g/mol. The van der Waals surface area contributed by atoms with Crippen LogP contribution >= 0.6 is 0 Å². The van der Waals surface area contributed by atoms with Gasteiger partial charge in [0, 0.05) is 5.56 Å². The number of phenols is 2. The number of phenolic OH excluding ortho intramolecular Hbond substituents is 1. The largest absolute Gasteiger partial charge is 0.507 e. The van der Waals surface area contributed by atoms with Gasteiger partial charge in [0.25, 0.3) is 0 Å². The minimum Gasteiger partial charge on any atom is -0.507 e. The van der Waals surface area contributed by atoms with E-state index in [1.165, 1.54) is 12.1 Å². The topological polar surface area (TPSA) is 121 Å². The van der Waals surface area contributed by atoms with Crippen LogP contribution in [0.2, 0.25) is 0 Å². The molecule has 6 nitrogen and oxygen atoms in total. The van der Waals surface area contributed by atoms with Gasteiger partial charge in [0.15, 0.2) is 11.5 Å². The number of aromatic hydroxyl groups is 2. The Bertz CT molecular complexity index is 709. The summed E-state index contributed by atoms with van der Waals surface area (Å²) >= 11 is 0. The Kier molecular flexibility index (Phi) is 3.30. The molecule has 5 N–H and O–H groups in total. The minimum atomic E-state index is -1.40. The first-order chi connectivity index (χ1) is 9.41. The van der Waals surface area contributed by atoms with Crippen LogP contribution in [0.5, 0.6) is 11.5 Å². The Hall–Kier alpha value is -3.02. The van der Waals surface area contributed by atoms with Gasteiger partial charge in [-0.15, -0.1) is 0 Å². The standard InChI is InChI=1S/C14H11NO5/c15-10-6-7(5-9(13(10)18)14(19)20)12(17)8-3-1-2-4-11(8)16/h1-6,16,18H,15H2,(H,19,20). The molecule has 0 saturated carbocycles. The lowest BCUT2D eigenvalue weighted by atomic mass is 9.99. The number of anilines is 1. The second-order valence-corrected chi connectivity index (χ2v) is 4.11. The number of nitrogen functional groups attached to an aromatic ring is 1. The first kappa shape index (κ1) is 13.4. The summed E-state index contributed by atoms with van der Waals surface area (Å²) in [6.45, 7) is 0. The van der Waals surface area contributed by atoms with Crippen LogP contribution in [0.25, 0.3) is 0 Å². The highest BCUT2D eigenvalue weighted by atomic mass is 16.4. The number of carbonyl (C=O) groups is 2. The second kappa shape index (κ2) is 4.93. The summed E-state index contributed by atoms with van der Waals surface area (Å²) in [4.78, 5) is 23.2. The summed E-state index contributed by atoms with van der Waals surface area (Å²) in [7, 11) is 0. The van der Waals surface area contributed by atoms with Crippen molar-refractivity contribution in [1.29, 1.82) is 0 Å². The molecule has 0 aliphatic carbocycles. The van der Waals surface area contributed by atoms with Crippen molar-refractivity contribution in [2.45, 2.75) is 0 Å². The predicted octanol–water partition coefficient (Wildman–Crippen LogP) is 1.61. The van der Waals surface area contributed by atoms with Crippen LogP contribution in [0, 0.1) is 0 Å². The second-order valence-electron chi connectivity index (χ2n) is 4.11. The zero-order chi connectivity index (χ0) is 14.9. The molecule has 0 saturated heterocycles. The average Bonchev–Trinajstić information content (AvgIpc) is 2.41. The van der Waals surface area contributed by atoms with Crippen LogP contribution in [0.3, 0.4) is 0 Å². The van der Waals surface area contributed by atoms with E-state index in [2.05, 4.69) is 0 Å². The first-order valence-corrected chi connectivity index (χ1v) is 5.60. The van der Waals surface area contributed by atoms with E-state index in [1.54, 1.807) is 12.1 Å². The molecule has 0 aromatic heterocycles. The smallest absolute Gasteiger partial charge is 0.339 e. The SMILES string of the molecule is Nc1cc(C(=O)c2ccccc2O)cc(C(=O)O)c1O. The van der Waals surface area contributed by atoms with Crippen molar-refractivity contribution in [3.05, 3.63) is 53.1 Å². The molecule has 20 heavy (non-hydrogen) atoms. The van der Waals surface area contributed by atoms with Crippen LogP contribution in [-0.2, 0) is 0 Å². The van der Waals surface area contributed by atoms with Crippen molar-refractivity contribution in [1.82, 2.24) is 0 Å². The van der Waals surface area contributed by atoms with Crippen molar-refractivity contribution in [2.24, 2.45) is 0 Å². The van der Waals surface area contributed by atoms with Gasteiger partial charge in [0.1, 0.15) is 11.3 Å². The van der Waals surface area contributed by atoms with Gasteiger partial charge in [0.2, 0.25) is 0 Å². The van der Waals surface area contributed by atoms with Crippen LogP contribution in [0.15, 0.2) is 36.4 Å². The van der Waals surface area contributed by atoms with Gasteiger partial charge >= 0.3 is 5.97 Å². The molecule has 0 fully saturated rings. The molecule has 0 spiro atoms. The van der Waals surface area contributed by atoms with Gasteiger partial charge in [-0.05, 0) is 24.3 Å². The maximum atomic E-state index is 12.2. The lowest BCUT2D eigenvalue weighted by Gasteiger charge is -2.08. The number of rotatable bonds is 3. The Morgan fingerprint density at radius 2 is 1.65 bits per heavy atom. The fraction of sp³-hybridized carbons (Fsp3) is 0. The zero-order valence-corrected chi connectivity index (χ0v) is 10.2. The third kappa shape index (κ3) is 2.26. The lowest BCUT2D eigenvalue weighted by molar-refractivity contribution is 0.0694. The summed E-state index contributed by atoms with van der Waals surface area (Å²) in [6.07, 6.45) is 0. The van der Waals surface area contributed by atoms with Gasteiger partial charge in [-0.3, -0.25) is 4.79 Å². The molecule has 0 aliphatic rings. The van der Waals surface area contributed by atoms with E-state index in [-0.39, 0.29) is 22.6 Å². The van der Waals surface area contributed by atoms with E-state index in [9.17, 15) is 19.8 Å². The molecular formula is C14H11NO5. The Balaban J connectivity index is 2.57. The average molecular weight is 273 g/mol. The number of hydrogen-bond acceptors (Lipinski definition) is 5. The molecule has 0 unspecified atom stereocenters. The predicted molar refractivity (Wildman–Crippen MR) is 71.0 cm³/mol. The quantitative estimate of drug-likeness (QED) is 0.383. The first-order valence-electron chi connectivity index (χ1n) is 5.60. The van der Waals surface area contributed by atoms with Gasteiger partial charge in [-0.25, -0.2) is 4.79 Å². The fourth-order valence-corrected chi connectivity index (χ4v) is 1.77. The third-order valence-corrected chi connectivity index (χ3v) is 2.78. The molecule has 0 atom stereocenters. The Morgan fingerprint density at radius 1 is 1.00 bits per heavy atom. The van der Waals surface area contributed by atoms with Crippen molar-refractivity contribution in [3.8, 4) is 11.5 Å². The molecule has 0 aliphatic heterocycles. The summed E-state index contributed by atoms with van der Waals surface area (Å²) in [5.74, 6) is -2.80. The Morgan fingerprint density at radius 3 is 2.25 bits per heavy atom. The zero-order valence-electron chi connectivity index (χ0n) is 10.2. The van der Waals surface area contributed by atoms with Gasteiger partial charge in [-0.2, -0.15) is 0 Å². The van der Waals surface area contributed by atoms with E-state index in [1.807, 2.05) is 0 Å². The van der Waals surface area contributed by atoms with E-state index >= 15 is 0 Å². The maximum Gasteiger partial charge on any atom is 0.339 e. The highest BCUT2D eigenvalue weighted by Crippen LogP contribution is 2.29. The summed E-state index contributed by atoms with van der Waals surface area (Å²) in [6, 6.07) is 8.05. The van der Waals surface area contributed by atoms with Crippen molar-refractivity contribution < 1.29 is 24.9 Å². The molecule has 0 radical (unpaired) electrons. The van der Waals surface area contributed by atoms with E-state index in [0.29, 0.717) is 0 Å². The molecule has 0 amide bonds. The molecule has 0 heterocycles. The molecule has 6 heteroatoms. The Labute approximate surface area is 113 Å². The highest BCUT2D eigenvalue weighted by Gasteiger charge is 2.19. The molecule has 2 aromatic rings. The minimum absolute atomic E-state index is 0.0222. The summed E-state index contributed by atoms with van der Waals surface area (Å²) in [5, 5.41) is 28.1. The number of carboxylic acids is 1. The lowest BCUT2D eigenvalue weighted by Crippen LogP contribution is -2.07. The fourth-order valence-electron chi connectivity index (χ4n) is 1.77. The summed E-state index contributed by atoms with van der Waals surface area (Å²) < 4.78 is 0. The normalized spacial score (nSPS) is 10.2. The highest BCUT2D eigenvalue weighted by molar-refractivity contribution is 6.12. The number of benzene rings is 2. The molecule has 0 bridgehead atoms.